The predicted octanol–water partition coefficient (Wildman–Crippen LogP) is 4.01. The molecule has 5 nitrogen and oxygen atoms in total. The molecule has 0 aromatic heterocycles. The maximum Gasteiger partial charge on any atom is 0.242 e. The lowest BCUT2D eigenvalue weighted by Gasteiger charge is -2.29. The molecular weight excluding hydrogens is 403 g/mol. The molecule has 1 N–H and O–H groups in total. The molecule has 0 heterocycles. The average molecular weight is 433 g/mol. The van der Waals surface area contributed by atoms with Crippen molar-refractivity contribution in [1.29, 1.82) is 0 Å². The standard InChI is InChI=1S/C23H29FN2O3S/c1-16(2)25-23(28)17(3)26(13-18-8-7-10-20(12-18)29-4)22(27)15-30-14-19-9-5-6-11-21(19)24/h5-12,16-17H,13-15H2,1-4H3,(H,25,28)/t17-/m1/s1. The Morgan fingerprint density at radius 1 is 1.13 bits per heavy atom. The molecule has 1 atom stereocenters. The van der Waals surface area contributed by atoms with Gasteiger partial charge in [-0.3, -0.25) is 9.59 Å². The third kappa shape index (κ3) is 7.06. The van der Waals surface area contributed by atoms with Crippen LogP contribution in [0.2, 0.25) is 0 Å². The first-order valence-electron chi connectivity index (χ1n) is 9.85. The van der Waals surface area contributed by atoms with Gasteiger partial charge in [0.05, 0.1) is 12.9 Å². The molecule has 7 heteroatoms. The maximum atomic E-state index is 13.8. The molecule has 30 heavy (non-hydrogen) atoms. The van der Waals surface area contributed by atoms with Crippen molar-refractivity contribution in [3.8, 4) is 5.75 Å². The van der Waals surface area contributed by atoms with E-state index in [0.29, 0.717) is 17.1 Å². The topological polar surface area (TPSA) is 58.6 Å². The van der Waals surface area contributed by atoms with E-state index >= 15 is 0 Å². The summed E-state index contributed by atoms with van der Waals surface area (Å²) in [7, 11) is 1.58. The molecule has 0 aliphatic heterocycles. The number of benzene rings is 2. The van der Waals surface area contributed by atoms with E-state index < -0.39 is 6.04 Å². The minimum atomic E-state index is -0.639. The number of rotatable bonds is 10. The van der Waals surface area contributed by atoms with E-state index in [1.54, 1.807) is 37.1 Å². The van der Waals surface area contributed by atoms with E-state index in [9.17, 15) is 14.0 Å². The molecule has 0 saturated heterocycles. The van der Waals surface area contributed by atoms with Crippen molar-refractivity contribution in [2.24, 2.45) is 0 Å². The highest BCUT2D eigenvalue weighted by Crippen LogP contribution is 2.19. The zero-order valence-electron chi connectivity index (χ0n) is 17.9. The zero-order chi connectivity index (χ0) is 22.1. The molecule has 2 rings (SSSR count). The summed E-state index contributed by atoms with van der Waals surface area (Å²) >= 11 is 1.33. The van der Waals surface area contributed by atoms with Crippen molar-refractivity contribution in [3.05, 3.63) is 65.5 Å². The number of halogens is 1. The summed E-state index contributed by atoms with van der Waals surface area (Å²) < 4.78 is 19.1. The lowest BCUT2D eigenvalue weighted by Crippen LogP contribution is -2.49. The smallest absolute Gasteiger partial charge is 0.242 e. The number of ether oxygens (including phenoxy) is 1. The van der Waals surface area contributed by atoms with Crippen molar-refractivity contribution in [2.75, 3.05) is 12.9 Å². The first-order valence-corrected chi connectivity index (χ1v) is 11.0. The largest absolute Gasteiger partial charge is 0.497 e. The number of hydrogen-bond donors (Lipinski definition) is 1. The Labute approximate surface area is 182 Å². The first kappa shape index (κ1) is 23.7. The number of hydrogen-bond acceptors (Lipinski definition) is 4. The van der Waals surface area contributed by atoms with Crippen LogP contribution < -0.4 is 10.1 Å². The highest BCUT2D eigenvalue weighted by Gasteiger charge is 2.26. The molecule has 0 aliphatic carbocycles. The van der Waals surface area contributed by atoms with Crippen molar-refractivity contribution in [3.63, 3.8) is 0 Å². The van der Waals surface area contributed by atoms with Gasteiger partial charge in [-0.1, -0.05) is 30.3 Å². The summed E-state index contributed by atoms with van der Waals surface area (Å²) in [4.78, 5) is 27.1. The Balaban J connectivity index is 2.11. The number of carbonyl (C=O) groups is 2. The molecule has 0 fully saturated rings. The Kier molecular flexibility index (Phi) is 9.17. The summed E-state index contributed by atoms with van der Waals surface area (Å²) in [5, 5.41) is 2.86. The van der Waals surface area contributed by atoms with Crippen molar-refractivity contribution < 1.29 is 18.7 Å². The van der Waals surface area contributed by atoms with Crippen LogP contribution in [0.15, 0.2) is 48.5 Å². The molecule has 0 unspecified atom stereocenters. The Hall–Kier alpha value is -2.54. The summed E-state index contributed by atoms with van der Waals surface area (Å²) in [6, 6.07) is 13.3. The summed E-state index contributed by atoms with van der Waals surface area (Å²) in [5.74, 6) is 0.560. The summed E-state index contributed by atoms with van der Waals surface area (Å²) in [5.41, 5.74) is 1.42. The van der Waals surface area contributed by atoms with E-state index in [2.05, 4.69) is 5.32 Å². The molecule has 0 saturated carbocycles. The van der Waals surface area contributed by atoms with Gasteiger partial charge >= 0.3 is 0 Å². The van der Waals surface area contributed by atoms with E-state index in [1.807, 2.05) is 38.1 Å². The third-order valence-corrected chi connectivity index (χ3v) is 5.49. The van der Waals surface area contributed by atoms with Crippen LogP contribution in [-0.2, 0) is 21.9 Å². The predicted molar refractivity (Wildman–Crippen MR) is 119 cm³/mol. The fraction of sp³-hybridized carbons (Fsp3) is 0.391. The Morgan fingerprint density at radius 2 is 1.87 bits per heavy atom. The zero-order valence-corrected chi connectivity index (χ0v) is 18.7. The minimum Gasteiger partial charge on any atom is -0.497 e. The van der Waals surface area contributed by atoms with Gasteiger partial charge in [0.25, 0.3) is 0 Å². The van der Waals surface area contributed by atoms with Gasteiger partial charge < -0.3 is 15.0 Å². The van der Waals surface area contributed by atoms with Crippen LogP contribution in [0.1, 0.15) is 31.9 Å². The quantitative estimate of drug-likeness (QED) is 0.616. The number of nitrogens with zero attached hydrogens (tertiary/aromatic N) is 1. The summed E-state index contributed by atoms with van der Waals surface area (Å²) in [6.45, 7) is 5.76. The van der Waals surface area contributed by atoms with Crippen LogP contribution in [0, 0.1) is 5.82 Å². The fourth-order valence-corrected chi connectivity index (χ4v) is 3.80. The number of carbonyl (C=O) groups excluding carboxylic acids is 2. The number of amides is 2. The maximum absolute atomic E-state index is 13.8. The van der Waals surface area contributed by atoms with E-state index in [0.717, 1.165) is 5.56 Å². The second-order valence-electron chi connectivity index (χ2n) is 7.30. The SMILES string of the molecule is COc1cccc(CN(C(=O)CSCc2ccccc2F)[C@H](C)C(=O)NC(C)C)c1. The lowest BCUT2D eigenvalue weighted by atomic mass is 10.1. The molecule has 0 spiro atoms. The van der Waals surface area contributed by atoms with Gasteiger partial charge in [0.2, 0.25) is 11.8 Å². The molecular formula is C23H29FN2O3S. The molecule has 0 radical (unpaired) electrons. The van der Waals surface area contributed by atoms with Gasteiger partial charge in [0, 0.05) is 18.3 Å². The van der Waals surface area contributed by atoms with Crippen molar-refractivity contribution >= 4 is 23.6 Å². The van der Waals surface area contributed by atoms with Crippen molar-refractivity contribution in [2.45, 2.75) is 45.2 Å². The molecule has 2 amide bonds. The number of thioether (sulfide) groups is 1. The van der Waals surface area contributed by atoms with Crippen LogP contribution >= 0.6 is 11.8 Å². The monoisotopic (exact) mass is 432 g/mol. The lowest BCUT2D eigenvalue weighted by molar-refractivity contribution is -0.138. The van der Waals surface area contributed by atoms with E-state index in [4.69, 9.17) is 4.74 Å². The van der Waals surface area contributed by atoms with Gasteiger partial charge in [-0.25, -0.2) is 4.39 Å². The van der Waals surface area contributed by atoms with E-state index in [-0.39, 0.29) is 36.0 Å². The van der Waals surface area contributed by atoms with Crippen molar-refractivity contribution in [1.82, 2.24) is 10.2 Å². The van der Waals surface area contributed by atoms with Gasteiger partial charge in [-0.15, -0.1) is 11.8 Å². The first-order chi connectivity index (χ1) is 14.3. The Morgan fingerprint density at radius 3 is 2.53 bits per heavy atom. The average Bonchev–Trinajstić information content (AvgIpc) is 2.72. The highest BCUT2D eigenvalue weighted by molar-refractivity contribution is 7.99. The highest BCUT2D eigenvalue weighted by atomic mass is 32.2. The normalized spacial score (nSPS) is 11.8. The van der Waals surface area contributed by atoms with Gasteiger partial charge in [0.15, 0.2) is 0 Å². The second-order valence-corrected chi connectivity index (χ2v) is 8.28. The molecule has 0 aliphatic rings. The Bertz CT molecular complexity index is 860. The van der Waals surface area contributed by atoms with Gasteiger partial charge in [0.1, 0.15) is 17.6 Å². The van der Waals surface area contributed by atoms with E-state index in [1.165, 1.54) is 17.8 Å². The summed E-state index contributed by atoms with van der Waals surface area (Å²) in [6.07, 6.45) is 0. The minimum absolute atomic E-state index is 0.0239. The van der Waals surface area contributed by atoms with Crippen LogP contribution in [0.4, 0.5) is 4.39 Å². The molecule has 0 bridgehead atoms. The molecule has 162 valence electrons. The second kappa shape index (κ2) is 11.6. The van der Waals surface area contributed by atoms with Crippen LogP contribution in [0.5, 0.6) is 5.75 Å². The molecule has 2 aromatic rings. The third-order valence-electron chi connectivity index (χ3n) is 4.53. The van der Waals surface area contributed by atoms with Crippen LogP contribution in [0.25, 0.3) is 0 Å². The number of methoxy groups -OCH3 is 1. The van der Waals surface area contributed by atoms with Crippen LogP contribution in [-0.4, -0.2) is 41.7 Å². The number of nitrogens with one attached hydrogen (secondary N) is 1. The van der Waals surface area contributed by atoms with Crippen LogP contribution in [0.3, 0.4) is 0 Å². The van der Waals surface area contributed by atoms with Gasteiger partial charge in [-0.2, -0.15) is 0 Å². The fourth-order valence-electron chi connectivity index (χ4n) is 2.90. The molecule has 2 aromatic carbocycles. The van der Waals surface area contributed by atoms with Gasteiger partial charge in [-0.05, 0) is 50.1 Å².